The van der Waals surface area contributed by atoms with Crippen LogP contribution in [0.4, 0.5) is 0 Å². The van der Waals surface area contributed by atoms with Crippen LogP contribution in [0.25, 0.3) is 0 Å². The maximum Gasteiger partial charge on any atom is 0.251 e. The molecule has 2 aliphatic rings. The number of rotatable bonds is 14. The summed E-state index contributed by atoms with van der Waals surface area (Å²) in [6, 6.07) is 13.4. The van der Waals surface area contributed by atoms with Crippen molar-refractivity contribution in [3.63, 3.8) is 0 Å². The number of nitrogens with one attached hydrogen (secondary N) is 4. The fourth-order valence-electron chi connectivity index (χ4n) is 6.86. The predicted octanol–water partition coefficient (Wildman–Crippen LogP) is 0.710. The van der Waals surface area contributed by atoms with Gasteiger partial charge in [0.2, 0.25) is 5.91 Å². The highest BCUT2D eigenvalue weighted by atomic mass is 16.2. The van der Waals surface area contributed by atoms with Gasteiger partial charge in [-0.1, -0.05) is 17.3 Å². The zero-order valence-corrected chi connectivity index (χ0v) is 28.9. The number of aromatic nitrogens is 4. The van der Waals surface area contributed by atoms with E-state index in [4.69, 9.17) is 0 Å². The van der Waals surface area contributed by atoms with Gasteiger partial charge in [0.25, 0.3) is 11.8 Å². The summed E-state index contributed by atoms with van der Waals surface area (Å²) in [4.78, 5) is 45.1. The fourth-order valence-corrected chi connectivity index (χ4v) is 6.86. The SMILES string of the molecule is CN(C)CCNC(=O)c1ccc2c(c1)CCc1cc(C(=O)NCCN(C)C)ccc1C2(CCNCC(=O)N1CCCC1C#N)c1nn[nH]n1. The molecule has 1 aliphatic heterocycles. The summed E-state index contributed by atoms with van der Waals surface area (Å²) in [5.74, 6) is 0.0618. The number of nitrogens with zero attached hydrogens (tertiary/aromatic N) is 7. The van der Waals surface area contributed by atoms with Gasteiger partial charge in [0.15, 0.2) is 5.82 Å². The number of amides is 3. The first-order valence-electron chi connectivity index (χ1n) is 16.9. The number of tetrazole rings is 1. The summed E-state index contributed by atoms with van der Waals surface area (Å²) in [7, 11) is 7.84. The molecule has 1 fully saturated rings. The van der Waals surface area contributed by atoms with Gasteiger partial charge in [-0.2, -0.15) is 10.5 Å². The van der Waals surface area contributed by atoms with Gasteiger partial charge in [0.1, 0.15) is 6.04 Å². The second-order valence-corrected chi connectivity index (χ2v) is 13.3. The molecule has 1 aromatic heterocycles. The van der Waals surface area contributed by atoms with Crippen LogP contribution in [0.2, 0.25) is 0 Å². The van der Waals surface area contributed by atoms with Crippen molar-refractivity contribution < 1.29 is 14.4 Å². The smallest absolute Gasteiger partial charge is 0.251 e. The molecular formula is C35H47N11O3. The zero-order chi connectivity index (χ0) is 35.0. The molecule has 5 rings (SSSR count). The summed E-state index contributed by atoms with van der Waals surface area (Å²) in [5.41, 5.74) is 4.05. The zero-order valence-electron chi connectivity index (χ0n) is 28.9. The van der Waals surface area contributed by atoms with Gasteiger partial charge in [-0.25, -0.2) is 0 Å². The van der Waals surface area contributed by atoms with Crippen LogP contribution in [0.3, 0.4) is 0 Å². The molecule has 1 saturated heterocycles. The Morgan fingerprint density at radius 1 is 0.939 bits per heavy atom. The summed E-state index contributed by atoms with van der Waals surface area (Å²) >= 11 is 0. The second-order valence-electron chi connectivity index (χ2n) is 13.3. The summed E-state index contributed by atoms with van der Waals surface area (Å²) in [5, 5.41) is 34.5. The predicted molar refractivity (Wildman–Crippen MR) is 184 cm³/mol. The Labute approximate surface area is 287 Å². The largest absolute Gasteiger partial charge is 0.351 e. The third-order valence-electron chi connectivity index (χ3n) is 9.41. The van der Waals surface area contributed by atoms with E-state index in [0.29, 0.717) is 68.8 Å². The molecule has 4 N–H and O–H groups in total. The van der Waals surface area contributed by atoms with Gasteiger partial charge in [-0.05, 0) is 113 Å². The van der Waals surface area contributed by atoms with E-state index in [9.17, 15) is 19.6 Å². The number of likely N-dealkylation sites (tertiary alicyclic amines) is 1. The van der Waals surface area contributed by atoms with Crippen molar-refractivity contribution >= 4 is 17.7 Å². The maximum atomic E-state index is 13.2. The number of likely N-dealkylation sites (N-methyl/N-ethyl adjacent to an activating group) is 2. The number of hydrogen-bond donors (Lipinski definition) is 4. The lowest BCUT2D eigenvalue weighted by Crippen LogP contribution is -2.42. The molecule has 2 heterocycles. The van der Waals surface area contributed by atoms with Crippen LogP contribution in [0, 0.1) is 11.3 Å². The summed E-state index contributed by atoms with van der Waals surface area (Å²) in [6.07, 6.45) is 3.24. The Balaban J connectivity index is 1.50. The quantitative estimate of drug-likeness (QED) is 0.179. The number of nitriles is 1. The van der Waals surface area contributed by atoms with Gasteiger partial charge in [0.05, 0.1) is 18.0 Å². The van der Waals surface area contributed by atoms with E-state index >= 15 is 0 Å². The molecule has 0 spiro atoms. The molecule has 260 valence electrons. The van der Waals surface area contributed by atoms with Gasteiger partial charge in [0, 0.05) is 43.9 Å². The highest BCUT2D eigenvalue weighted by Gasteiger charge is 2.44. The molecule has 14 heteroatoms. The third kappa shape index (κ3) is 8.13. The molecule has 0 bridgehead atoms. The van der Waals surface area contributed by atoms with Crippen LogP contribution >= 0.6 is 0 Å². The monoisotopic (exact) mass is 669 g/mol. The lowest BCUT2D eigenvalue weighted by atomic mass is 9.69. The van der Waals surface area contributed by atoms with Crippen molar-refractivity contribution in [1.82, 2.24) is 51.3 Å². The molecule has 2 aromatic carbocycles. The number of benzene rings is 2. The van der Waals surface area contributed by atoms with Crippen LogP contribution in [0.15, 0.2) is 36.4 Å². The molecular weight excluding hydrogens is 622 g/mol. The van der Waals surface area contributed by atoms with Crippen molar-refractivity contribution in [3.05, 3.63) is 75.6 Å². The minimum atomic E-state index is -0.910. The number of carbonyl (C=O) groups excluding carboxylic acids is 3. The molecule has 1 atom stereocenters. The lowest BCUT2D eigenvalue weighted by Gasteiger charge is -2.34. The molecule has 1 aliphatic carbocycles. The van der Waals surface area contributed by atoms with E-state index in [0.717, 1.165) is 41.8 Å². The molecule has 14 nitrogen and oxygen atoms in total. The van der Waals surface area contributed by atoms with Crippen molar-refractivity contribution in [3.8, 4) is 6.07 Å². The molecule has 3 aromatic rings. The summed E-state index contributed by atoms with van der Waals surface area (Å²) < 4.78 is 0. The van der Waals surface area contributed by atoms with Crippen LogP contribution in [-0.4, -0.2) is 133 Å². The first kappa shape index (κ1) is 35.6. The van der Waals surface area contributed by atoms with Crippen LogP contribution < -0.4 is 16.0 Å². The number of H-pyrrole nitrogens is 1. The number of carbonyl (C=O) groups is 3. The van der Waals surface area contributed by atoms with Gasteiger partial charge in [-0.3, -0.25) is 14.4 Å². The normalized spacial score (nSPS) is 16.5. The van der Waals surface area contributed by atoms with E-state index in [1.54, 1.807) is 4.90 Å². The van der Waals surface area contributed by atoms with Crippen LogP contribution in [-0.2, 0) is 23.1 Å². The van der Waals surface area contributed by atoms with E-state index in [1.807, 2.05) is 74.4 Å². The first-order valence-corrected chi connectivity index (χ1v) is 16.9. The molecule has 49 heavy (non-hydrogen) atoms. The average Bonchev–Trinajstić information content (AvgIpc) is 3.78. The lowest BCUT2D eigenvalue weighted by molar-refractivity contribution is -0.130. The van der Waals surface area contributed by atoms with E-state index in [1.165, 1.54) is 0 Å². The van der Waals surface area contributed by atoms with Crippen molar-refractivity contribution in [2.75, 3.05) is 74.0 Å². The molecule has 3 amide bonds. The Morgan fingerprint density at radius 3 is 2.04 bits per heavy atom. The molecule has 0 saturated carbocycles. The van der Waals surface area contributed by atoms with Gasteiger partial charge >= 0.3 is 0 Å². The Bertz CT molecular complexity index is 1590. The fraction of sp³-hybridized carbons (Fsp3) is 0.514. The Kier molecular flexibility index (Phi) is 11.7. The van der Waals surface area contributed by atoms with E-state index in [2.05, 4.69) is 42.6 Å². The molecule has 0 radical (unpaired) electrons. The van der Waals surface area contributed by atoms with Gasteiger partial charge < -0.3 is 30.7 Å². The minimum Gasteiger partial charge on any atom is -0.351 e. The average molecular weight is 670 g/mol. The highest BCUT2D eigenvalue weighted by Crippen LogP contribution is 2.46. The Hall–Kier alpha value is -4.71. The standard InChI is InChI=1S/C35H47N11O3/c1-44(2)18-15-38-32(48)26-9-11-29-24(20-26)7-8-25-21-27(33(49)39-16-19-45(3)4)10-12-30(25)35(29,34-40-42-43-41-34)13-14-37-23-31(47)46-17-5-6-28(46)22-36/h9-12,20-21,28,37H,5-8,13-19,23H2,1-4H3,(H,38,48)(H,39,49)(H,40,41,42,43). The van der Waals surface area contributed by atoms with Crippen molar-refractivity contribution in [1.29, 1.82) is 5.26 Å². The number of aryl methyl sites for hydroxylation is 2. The topological polar surface area (TPSA) is 175 Å². The number of hydrogen-bond acceptors (Lipinski definition) is 10. The minimum absolute atomic E-state index is 0.0956. The van der Waals surface area contributed by atoms with Crippen molar-refractivity contribution in [2.45, 2.75) is 43.6 Å². The number of fused-ring (bicyclic) bond motifs is 2. The first-order chi connectivity index (χ1) is 23.6. The van der Waals surface area contributed by atoms with Gasteiger partial charge in [-0.15, -0.1) is 10.2 Å². The third-order valence-corrected chi connectivity index (χ3v) is 9.41. The highest BCUT2D eigenvalue weighted by molar-refractivity contribution is 5.95. The Morgan fingerprint density at radius 2 is 1.53 bits per heavy atom. The van der Waals surface area contributed by atoms with Crippen LogP contribution in [0.1, 0.15) is 68.1 Å². The summed E-state index contributed by atoms with van der Waals surface area (Å²) in [6.45, 7) is 3.60. The van der Waals surface area contributed by atoms with E-state index in [-0.39, 0.29) is 30.3 Å². The number of aromatic amines is 1. The maximum absolute atomic E-state index is 13.2. The second kappa shape index (κ2) is 16.1. The van der Waals surface area contributed by atoms with Crippen LogP contribution in [0.5, 0.6) is 0 Å². The van der Waals surface area contributed by atoms with Crippen molar-refractivity contribution in [2.24, 2.45) is 0 Å². The molecule has 1 unspecified atom stereocenters. The van der Waals surface area contributed by atoms with E-state index < -0.39 is 5.41 Å².